The maximum Gasteiger partial charge on any atom is 0.306 e. The molecule has 1 atom stereocenters. The first-order chi connectivity index (χ1) is 23.6. The predicted molar refractivity (Wildman–Crippen MR) is 205 cm³/mol. The molecule has 5 nitrogen and oxygen atoms in total. The fourth-order valence-electron chi connectivity index (χ4n) is 5.75. The second-order valence-electron chi connectivity index (χ2n) is 13.7. The Hall–Kier alpha value is -1.88. The van der Waals surface area contributed by atoms with Gasteiger partial charge in [0.1, 0.15) is 6.61 Å². The third-order valence-electron chi connectivity index (χ3n) is 8.91. The number of allylic oxidation sites excluding steroid dienone is 6. The van der Waals surface area contributed by atoms with Crippen LogP contribution in [0.4, 0.5) is 0 Å². The van der Waals surface area contributed by atoms with E-state index in [4.69, 9.17) is 9.47 Å². The zero-order valence-corrected chi connectivity index (χ0v) is 31.7. The van der Waals surface area contributed by atoms with Gasteiger partial charge in [0.25, 0.3) is 0 Å². The van der Waals surface area contributed by atoms with Crippen LogP contribution in [0.2, 0.25) is 0 Å². The van der Waals surface area contributed by atoms with Gasteiger partial charge in [-0.25, -0.2) is 0 Å². The molecule has 280 valence electrons. The molecule has 5 heteroatoms. The molecule has 0 aliphatic heterocycles. The van der Waals surface area contributed by atoms with Crippen LogP contribution in [0.25, 0.3) is 0 Å². The Morgan fingerprint density at radius 1 is 0.479 bits per heavy atom. The van der Waals surface area contributed by atoms with Gasteiger partial charge in [-0.05, 0) is 70.6 Å². The van der Waals surface area contributed by atoms with Crippen LogP contribution in [0, 0.1) is 0 Å². The standard InChI is InChI=1S/C43H78O5/c1-3-5-7-9-11-13-15-17-19-20-21-22-24-25-27-29-31-33-35-37-42(45)47-40-41(39-44)48-43(46)38-36-34-32-30-28-26-23-18-16-14-12-10-8-6-4-2/h11,13-14,16-17,19,41,44H,3-10,12,15,18,20-40H2,1-2H3/t41-/m0/s1. The van der Waals surface area contributed by atoms with Crippen molar-refractivity contribution < 1.29 is 24.2 Å². The lowest BCUT2D eigenvalue weighted by molar-refractivity contribution is -0.161. The highest BCUT2D eigenvalue weighted by molar-refractivity contribution is 5.70. The van der Waals surface area contributed by atoms with Crippen LogP contribution in [0.5, 0.6) is 0 Å². The van der Waals surface area contributed by atoms with Crippen LogP contribution in [0.1, 0.15) is 206 Å². The average Bonchev–Trinajstić information content (AvgIpc) is 3.09. The number of esters is 2. The first kappa shape index (κ1) is 46.1. The lowest BCUT2D eigenvalue weighted by Crippen LogP contribution is -2.28. The smallest absolute Gasteiger partial charge is 0.306 e. The van der Waals surface area contributed by atoms with Crippen LogP contribution in [-0.4, -0.2) is 36.4 Å². The van der Waals surface area contributed by atoms with Crippen molar-refractivity contribution in [1.82, 2.24) is 0 Å². The number of rotatable bonds is 37. The van der Waals surface area contributed by atoms with Crippen molar-refractivity contribution in [3.05, 3.63) is 36.5 Å². The SMILES string of the molecule is CCCCCC=CCC=CCCCCCCCCCCCC(=O)OC[C@H](CO)OC(=O)CCCCCCCCCC=CCCCCCC. The number of aliphatic hydroxyl groups is 1. The zero-order valence-electron chi connectivity index (χ0n) is 31.7. The Morgan fingerprint density at radius 3 is 1.29 bits per heavy atom. The topological polar surface area (TPSA) is 72.8 Å². The number of hydrogen-bond acceptors (Lipinski definition) is 5. The van der Waals surface area contributed by atoms with E-state index in [1.165, 1.54) is 135 Å². The largest absolute Gasteiger partial charge is 0.462 e. The van der Waals surface area contributed by atoms with Gasteiger partial charge in [-0.2, -0.15) is 0 Å². The number of hydrogen-bond donors (Lipinski definition) is 1. The molecule has 0 aliphatic rings. The Bertz CT molecular complexity index is 771. The molecule has 0 spiro atoms. The molecule has 0 aromatic heterocycles. The minimum Gasteiger partial charge on any atom is -0.462 e. The molecule has 0 radical (unpaired) electrons. The van der Waals surface area contributed by atoms with Crippen molar-refractivity contribution >= 4 is 11.9 Å². The summed E-state index contributed by atoms with van der Waals surface area (Å²) in [4.78, 5) is 24.3. The third-order valence-corrected chi connectivity index (χ3v) is 8.91. The first-order valence-electron chi connectivity index (χ1n) is 20.5. The molecule has 0 fully saturated rings. The van der Waals surface area contributed by atoms with Crippen molar-refractivity contribution in [2.75, 3.05) is 13.2 Å². The molecule has 0 rings (SSSR count). The second-order valence-corrected chi connectivity index (χ2v) is 13.7. The molecule has 0 bridgehead atoms. The van der Waals surface area contributed by atoms with Gasteiger partial charge in [0.05, 0.1) is 6.61 Å². The van der Waals surface area contributed by atoms with Crippen LogP contribution in [0.15, 0.2) is 36.5 Å². The monoisotopic (exact) mass is 675 g/mol. The Labute approximate surface area is 297 Å². The van der Waals surface area contributed by atoms with Crippen molar-refractivity contribution in [1.29, 1.82) is 0 Å². The van der Waals surface area contributed by atoms with Crippen molar-refractivity contribution in [3.8, 4) is 0 Å². The summed E-state index contributed by atoms with van der Waals surface area (Å²) in [5.74, 6) is -0.597. The van der Waals surface area contributed by atoms with E-state index >= 15 is 0 Å². The number of carbonyl (C=O) groups excluding carboxylic acids is 2. The number of carbonyl (C=O) groups is 2. The van der Waals surface area contributed by atoms with E-state index in [0.29, 0.717) is 12.8 Å². The minimum atomic E-state index is -0.773. The normalized spacial score (nSPS) is 12.5. The molecule has 0 amide bonds. The Balaban J connectivity index is 3.54. The van der Waals surface area contributed by atoms with Crippen LogP contribution >= 0.6 is 0 Å². The maximum absolute atomic E-state index is 12.2. The van der Waals surface area contributed by atoms with Crippen molar-refractivity contribution in [2.24, 2.45) is 0 Å². The molecule has 0 heterocycles. The molecule has 0 unspecified atom stereocenters. The van der Waals surface area contributed by atoms with Gasteiger partial charge in [0.2, 0.25) is 0 Å². The van der Waals surface area contributed by atoms with Crippen molar-refractivity contribution in [2.45, 2.75) is 213 Å². The van der Waals surface area contributed by atoms with E-state index in [1.54, 1.807) is 0 Å². The highest BCUT2D eigenvalue weighted by atomic mass is 16.6. The van der Waals surface area contributed by atoms with E-state index < -0.39 is 6.10 Å². The zero-order chi connectivity index (χ0) is 35.0. The lowest BCUT2D eigenvalue weighted by atomic mass is 10.1. The van der Waals surface area contributed by atoms with E-state index in [-0.39, 0.29) is 25.2 Å². The van der Waals surface area contributed by atoms with Gasteiger partial charge in [-0.15, -0.1) is 0 Å². The van der Waals surface area contributed by atoms with Gasteiger partial charge >= 0.3 is 11.9 Å². The summed E-state index contributed by atoms with van der Waals surface area (Å²) in [5.41, 5.74) is 0. The Kier molecular flexibility index (Phi) is 38.0. The second kappa shape index (κ2) is 39.6. The van der Waals surface area contributed by atoms with Crippen molar-refractivity contribution in [3.63, 3.8) is 0 Å². The molecular formula is C43H78O5. The van der Waals surface area contributed by atoms with Gasteiger partial charge in [-0.1, -0.05) is 159 Å². The molecule has 48 heavy (non-hydrogen) atoms. The summed E-state index contributed by atoms with van der Waals surface area (Å²) in [6, 6.07) is 0. The summed E-state index contributed by atoms with van der Waals surface area (Å²) in [7, 11) is 0. The summed E-state index contributed by atoms with van der Waals surface area (Å²) < 4.78 is 10.6. The van der Waals surface area contributed by atoms with E-state index in [9.17, 15) is 14.7 Å². The molecule has 0 saturated heterocycles. The molecule has 0 aromatic rings. The van der Waals surface area contributed by atoms with Crippen LogP contribution in [0.3, 0.4) is 0 Å². The molecule has 0 saturated carbocycles. The van der Waals surface area contributed by atoms with E-state index in [0.717, 1.165) is 44.9 Å². The predicted octanol–water partition coefficient (Wildman–Crippen LogP) is 12.8. The van der Waals surface area contributed by atoms with Crippen LogP contribution in [-0.2, 0) is 19.1 Å². The van der Waals surface area contributed by atoms with Gasteiger partial charge < -0.3 is 14.6 Å². The van der Waals surface area contributed by atoms with Gasteiger partial charge in [0, 0.05) is 12.8 Å². The summed E-state index contributed by atoms with van der Waals surface area (Å²) in [6.07, 6.45) is 47.7. The first-order valence-corrected chi connectivity index (χ1v) is 20.5. The summed E-state index contributed by atoms with van der Waals surface area (Å²) in [6.45, 7) is 4.10. The molecular weight excluding hydrogens is 596 g/mol. The highest BCUT2D eigenvalue weighted by Gasteiger charge is 2.16. The van der Waals surface area contributed by atoms with Gasteiger partial charge in [0.15, 0.2) is 6.10 Å². The third kappa shape index (κ3) is 36.9. The van der Waals surface area contributed by atoms with Crippen LogP contribution < -0.4 is 0 Å². The van der Waals surface area contributed by atoms with Gasteiger partial charge in [-0.3, -0.25) is 9.59 Å². The molecule has 1 N–H and O–H groups in total. The quantitative estimate of drug-likeness (QED) is 0.0403. The number of unbranched alkanes of at least 4 members (excludes halogenated alkanes) is 23. The number of ether oxygens (including phenoxy) is 2. The minimum absolute atomic E-state index is 0.0684. The summed E-state index contributed by atoms with van der Waals surface area (Å²) in [5, 5.41) is 9.56. The highest BCUT2D eigenvalue weighted by Crippen LogP contribution is 2.14. The maximum atomic E-state index is 12.2. The molecule has 0 aromatic carbocycles. The fourth-order valence-corrected chi connectivity index (χ4v) is 5.75. The lowest BCUT2D eigenvalue weighted by Gasteiger charge is -2.15. The fraction of sp³-hybridized carbons (Fsp3) is 0.814. The number of aliphatic hydroxyl groups excluding tert-OH is 1. The summed E-state index contributed by atoms with van der Waals surface area (Å²) >= 11 is 0. The van der Waals surface area contributed by atoms with E-state index in [2.05, 4.69) is 50.3 Å². The average molecular weight is 675 g/mol. The van der Waals surface area contributed by atoms with E-state index in [1.807, 2.05) is 0 Å². The molecule has 0 aliphatic carbocycles. The Morgan fingerprint density at radius 2 is 0.833 bits per heavy atom.